The predicted molar refractivity (Wildman–Crippen MR) is 158 cm³/mol. The molecule has 0 aromatic heterocycles. The number of hydrogen-bond donors (Lipinski definition) is 3. The van der Waals surface area contributed by atoms with Crippen LogP contribution in [0.1, 0.15) is 89.1 Å². The zero-order valence-electron chi connectivity index (χ0n) is 25.3. The van der Waals surface area contributed by atoms with Crippen LogP contribution in [-0.2, 0) is 20.7 Å². The Morgan fingerprint density at radius 1 is 0.975 bits per heavy atom. The maximum Gasteiger partial charge on any atom is 0.408 e. The number of carbonyl (C=O) groups excluding carboxylic acids is 3. The minimum absolute atomic E-state index is 0.0589. The second-order valence-electron chi connectivity index (χ2n) is 11.5. The van der Waals surface area contributed by atoms with E-state index in [4.69, 9.17) is 4.74 Å². The molecule has 2 aromatic rings. The van der Waals surface area contributed by atoms with Gasteiger partial charge in [-0.15, -0.1) is 0 Å². The minimum atomic E-state index is -1.00. The third kappa shape index (κ3) is 9.57. The first-order chi connectivity index (χ1) is 18.8. The van der Waals surface area contributed by atoms with Crippen LogP contribution in [0.4, 0.5) is 4.79 Å². The van der Waals surface area contributed by atoms with Crippen molar-refractivity contribution in [2.24, 2.45) is 0 Å². The van der Waals surface area contributed by atoms with Gasteiger partial charge in [-0.1, -0.05) is 50.6 Å². The molecule has 3 unspecified atom stereocenters. The van der Waals surface area contributed by atoms with E-state index >= 15 is 0 Å². The molecule has 0 aliphatic carbocycles. The van der Waals surface area contributed by atoms with Crippen molar-refractivity contribution >= 4 is 17.9 Å². The summed E-state index contributed by atoms with van der Waals surface area (Å²) in [6, 6.07) is 10.3. The van der Waals surface area contributed by atoms with Gasteiger partial charge in [0, 0.05) is 19.0 Å². The van der Waals surface area contributed by atoms with E-state index in [1.54, 1.807) is 37.8 Å². The number of amides is 3. The van der Waals surface area contributed by atoms with E-state index in [1.165, 1.54) is 12.1 Å². The highest BCUT2D eigenvalue weighted by atomic mass is 16.6. The summed E-state index contributed by atoms with van der Waals surface area (Å²) in [4.78, 5) is 42.7. The van der Waals surface area contributed by atoms with E-state index in [-0.39, 0.29) is 30.0 Å². The highest BCUT2D eigenvalue weighted by Crippen LogP contribution is 2.28. The summed E-state index contributed by atoms with van der Waals surface area (Å²) in [5, 5.41) is 15.6. The van der Waals surface area contributed by atoms with Gasteiger partial charge in [0.25, 0.3) is 0 Å². The number of benzene rings is 2. The molecule has 8 nitrogen and oxygen atoms in total. The van der Waals surface area contributed by atoms with Gasteiger partial charge in [0.2, 0.25) is 11.8 Å². The summed E-state index contributed by atoms with van der Waals surface area (Å²) in [6.45, 7) is 15.5. The number of rotatable bonds is 12. The molecule has 2 rings (SSSR count). The smallest absolute Gasteiger partial charge is 0.408 e. The van der Waals surface area contributed by atoms with Crippen molar-refractivity contribution in [3.8, 4) is 5.75 Å². The van der Waals surface area contributed by atoms with Crippen molar-refractivity contribution in [2.45, 2.75) is 105 Å². The van der Waals surface area contributed by atoms with Crippen molar-refractivity contribution in [1.82, 2.24) is 15.5 Å². The third-order valence-electron chi connectivity index (χ3n) is 6.72. The van der Waals surface area contributed by atoms with Crippen LogP contribution in [0.3, 0.4) is 0 Å². The number of aromatic hydroxyl groups is 1. The van der Waals surface area contributed by atoms with Gasteiger partial charge < -0.3 is 25.4 Å². The summed E-state index contributed by atoms with van der Waals surface area (Å²) >= 11 is 0. The van der Waals surface area contributed by atoms with E-state index in [9.17, 15) is 19.5 Å². The van der Waals surface area contributed by atoms with E-state index < -0.39 is 23.8 Å². The second-order valence-corrected chi connectivity index (χ2v) is 11.5. The van der Waals surface area contributed by atoms with Crippen LogP contribution in [0.25, 0.3) is 0 Å². The molecule has 220 valence electrons. The lowest BCUT2D eigenvalue weighted by atomic mass is 9.94. The fourth-order valence-corrected chi connectivity index (χ4v) is 4.67. The topological polar surface area (TPSA) is 108 Å². The molecule has 0 radical (unpaired) electrons. The molecule has 0 aliphatic rings. The Morgan fingerprint density at radius 2 is 1.62 bits per heavy atom. The number of hydrogen-bond acceptors (Lipinski definition) is 5. The Hall–Kier alpha value is -3.55. The lowest BCUT2D eigenvalue weighted by Crippen LogP contribution is -2.54. The summed E-state index contributed by atoms with van der Waals surface area (Å²) < 4.78 is 5.48. The number of aryl methyl sites for hydroxylation is 1. The van der Waals surface area contributed by atoms with Crippen molar-refractivity contribution < 1.29 is 24.2 Å². The van der Waals surface area contributed by atoms with Crippen LogP contribution in [0.5, 0.6) is 5.75 Å². The zero-order valence-corrected chi connectivity index (χ0v) is 25.3. The standard InChI is InChI=1S/C32H47N3O5/c1-9-12-22(4)33-29(37)28(26-14-11-13-21(3)23(26)5)35(19-10-2)30(38)27(34-31(39)40-32(6,7)8)20-24-15-17-25(36)18-16-24/h11,13-18,22,27-28,36H,9-10,12,19-20H2,1-8H3,(H,33,37)(H,34,39). The van der Waals surface area contributed by atoms with Crippen molar-refractivity contribution in [1.29, 1.82) is 0 Å². The van der Waals surface area contributed by atoms with Crippen LogP contribution < -0.4 is 10.6 Å². The Bertz CT molecular complexity index is 1140. The average Bonchev–Trinajstić information content (AvgIpc) is 2.85. The number of phenols is 1. The molecule has 40 heavy (non-hydrogen) atoms. The first-order valence-corrected chi connectivity index (χ1v) is 14.2. The molecule has 0 aliphatic heterocycles. The Kier molecular flexibility index (Phi) is 12.0. The first-order valence-electron chi connectivity index (χ1n) is 14.2. The molecule has 2 aromatic carbocycles. The van der Waals surface area contributed by atoms with Crippen molar-refractivity contribution in [2.75, 3.05) is 6.54 Å². The van der Waals surface area contributed by atoms with Crippen molar-refractivity contribution in [3.05, 3.63) is 64.7 Å². The van der Waals surface area contributed by atoms with Crippen LogP contribution in [0.2, 0.25) is 0 Å². The van der Waals surface area contributed by atoms with Gasteiger partial charge in [-0.3, -0.25) is 9.59 Å². The van der Waals surface area contributed by atoms with Gasteiger partial charge in [-0.25, -0.2) is 4.79 Å². The number of carbonyl (C=O) groups is 3. The van der Waals surface area contributed by atoms with Gasteiger partial charge in [-0.2, -0.15) is 0 Å². The predicted octanol–water partition coefficient (Wildman–Crippen LogP) is 5.73. The van der Waals surface area contributed by atoms with E-state index in [1.807, 2.05) is 45.9 Å². The molecule has 3 amide bonds. The van der Waals surface area contributed by atoms with E-state index in [0.29, 0.717) is 13.0 Å². The summed E-state index contributed by atoms with van der Waals surface area (Å²) in [5.41, 5.74) is 2.70. The average molecular weight is 554 g/mol. The van der Waals surface area contributed by atoms with Crippen LogP contribution in [-0.4, -0.2) is 52.1 Å². The zero-order chi connectivity index (χ0) is 30.0. The summed E-state index contributed by atoms with van der Waals surface area (Å²) in [7, 11) is 0. The van der Waals surface area contributed by atoms with E-state index in [0.717, 1.165) is 35.1 Å². The number of alkyl carbamates (subject to hydrolysis) is 1. The molecule has 0 bridgehead atoms. The minimum Gasteiger partial charge on any atom is -0.508 e. The molecule has 0 heterocycles. The quantitative estimate of drug-likeness (QED) is 0.311. The number of nitrogens with one attached hydrogen (secondary N) is 2. The van der Waals surface area contributed by atoms with Crippen LogP contribution >= 0.6 is 0 Å². The van der Waals surface area contributed by atoms with Crippen LogP contribution in [0.15, 0.2) is 42.5 Å². The molecular weight excluding hydrogens is 506 g/mol. The maximum absolute atomic E-state index is 14.4. The molecule has 8 heteroatoms. The Balaban J connectivity index is 2.58. The fourth-order valence-electron chi connectivity index (χ4n) is 4.67. The van der Waals surface area contributed by atoms with Gasteiger partial charge in [-0.05, 0) is 88.8 Å². The molecule has 0 saturated heterocycles. The van der Waals surface area contributed by atoms with Crippen molar-refractivity contribution in [3.63, 3.8) is 0 Å². The molecule has 0 spiro atoms. The Morgan fingerprint density at radius 3 is 2.20 bits per heavy atom. The first kappa shape index (κ1) is 32.7. The van der Waals surface area contributed by atoms with Gasteiger partial charge in [0.05, 0.1) is 0 Å². The lowest BCUT2D eigenvalue weighted by molar-refractivity contribution is -0.142. The van der Waals surface area contributed by atoms with Gasteiger partial charge in [0.15, 0.2) is 0 Å². The van der Waals surface area contributed by atoms with Gasteiger partial charge in [0.1, 0.15) is 23.4 Å². The lowest BCUT2D eigenvalue weighted by Gasteiger charge is -2.35. The normalized spacial score (nSPS) is 13.6. The monoisotopic (exact) mass is 553 g/mol. The second kappa shape index (κ2) is 14.7. The Labute approximate surface area is 239 Å². The van der Waals surface area contributed by atoms with Gasteiger partial charge >= 0.3 is 6.09 Å². The SMILES string of the molecule is CCCC(C)NC(=O)C(c1cccc(C)c1C)N(CCC)C(=O)C(Cc1ccc(O)cc1)NC(=O)OC(C)(C)C. The van der Waals surface area contributed by atoms with Crippen LogP contribution in [0, 0.1) is 13.8 Å². The number of ether oxygens (including phenoxy) is 1. The fraction of sp³-hybridized carbons (Fsp3) is 0.531. The van der Waals surface area contributed by atoms with E-state index in [2.05, 4.69) is 17.6 Å². The summed E-state index contributed by atoms with van der Waals surface area (Å²) in [6.07, 6.45) is 1.79. The summed E-state index contributed by atoms with van der Waals surface area (Å²) in [5.74, 6) is -0.533. The molecule has 0 fully saturated rings. The number of phenolic OH excluding ortho intramolecular Hbond substituents is 1. The number of nitrogens with zero attached hydrogens (tertiary/aromatic N) is 1. The molecule has 3 N–H and O–H groups in total. The highest BCUT2D eigenvalue weighted by Gasteiger charge is 2.37. The molecular formula is C32H47N3O5. The molecule has 3 atom stereocenters. The third-order valence-corrected chi connectivity index (χ3v) is 6.72. The largest absolute Gasteiger partial charge is 0.508 e. The molecule has 0 saturated carbocycles. The highest BCUT2D eigenvalue weighted by molar-refractivity contribution is 5.92. The maximum atomic E-state index is 14.4.